The highest BCUT2D eigenvalue weighted by molar-refractivity contribution is 5.95. The van der Waals surface area contributed by atoms with Gasteiger partial charge in [-0.25, -0.2) is 0 Å². The standard InChI is InChI=1S/C22H27NO4/c1-16-6-4-5-7-18(16)21(24)23-15-22(10-12-27-13-11-22)17-8-9-19(25-2)20(14-17)26-3/h4-9,14H,10-13,15H2,1-3H3,(H,23,24). The zero-order valence-electron chi connectivity index (χ0n) is 16.2. The first kappa shape index (κ1) is 19.2. The highest BCUT2D eigenvalue weighted by Gasteiger charge is 2.35. The third kappa shape index (κ3) is 4.08. The van der Waals surface area contributed by atoms with Crippen molar-refractivity contribution in [1.29, 1.82) is 0 Å². The molecule has 1 N–H and O–H groups in total. The molecule has 1 aliphatic heterocycles. The smallest absolute Gasteiger partial charge is 0.251 e. The van der Waals surface area contributed by atoms with Gasteiger partial charge in [-0.2, -0.15) is 0 Å². The summed E-state index contributed by atoms with van der Waals surface area (Å²) in [6.45, 7) is 3.86. The quantitative estimate of drug-likeness (QED) is 0.847. The molecule has 1 aliphatic rings. The summed E-state index contributed by atoms with van der Waals surface area (Å²) >= 11 is 0. The SMILES string of the molecule is COc1ccc(C2(CNC(=O)c3ccccc3C)CCOCC2)cc1OC. The highest BCUT2D eigenvalue weighted by Crippen LogP contribution is 2.38. The average molecular weight is 369 g/mol. The van der Waals surface area contributed by atoms with Crippen LogP contribution in [0.3, 0.4) is 0 Å². The zero-order valence-corrected chi connectivity index (χ0v) is 16.2. The Hall–Kier alpha value is -2.53. The van der Waals surface area contributed by atoms with Crippen LogP contribution in [0.2, 0.25) is 0 Å². The minimum absolute atomic E-state index is 0.0422. The number of ether oxygens (including phenoxy) is 3. The van der Waals surface area contributed by atoms with Crippen molar-refractivity contribution in [3.63, 3.8) is 0 Å². The number of hydrogen-bond donors (Lipinski definition) is 1. The molecule has 1 saturated heterocycles. The number of carbonyl (C=O) groups excluding carboxylic acids is 1. The van der Waals surface area contributed by atoms with Gasteiger partial charge in [0.25, 0.3) is 5.91 Å². The van der Waals surface area contributed by atoms with Crippen molar-refractivity contribution < 1.29 is 19.0 Å². The highest BCUT2D eigenvalue weighted by atomic mass is 16.5. The van der Waals surface area contributed by atoms with Crippen LogP contribution in [0, 0.1) is 6.92 Å². The minimum Gasteiger partial charge on any atom is -0.493 e. The van der Waals surface area contributed by atoms with Crippen LogP contribution in [0.1, 0.15) is 34.3 Å². The Balaban J connectivity index is 1.85. The van der Waals surface area contributed by atoms with Crippen molar-refractivity contribution in [2.24, 2.45) is 0 Å². The van der Waals surface area contributed by atoms with E-state index in [2.05, 4.69) is 11.4 Å². The van der Waals surface area contributed by atoms with Gasteiger partial charge < -0.3 is 19.5 Å². The molecule has 1 heterocycles. The van der Waals surface area contributed by atoms with Crippen LogP contribution in [0.25, 0.3) is 0 Å². The van der Waals surface area contributed by atoms with Crippen molar-refractivity contribution in [2.75, 3.05) is 34.0 Å². The molecular formula is C22H27NO4. The fourth-order valence-electron chi connectivity index (χ4n) is 3.67. The Morgan fingerprint density at radius 3 is 2.44 bits per heavy atom. The fraction of sp³-hybridized carbons (Fsp3) is 0.409. The van der Waals surface area contributed by atoms with Crippen LogP contribution >= 0.6 is 0 Å². The summed E-state index contributed by atoms with van der Waals surface area (Å²) in [5.41, 5.74) is 2.64. The number of benzene rings is 2. The predicted molar refractivity (Wildman–Crippen MR) is 105 cm³/mol. The number of methoxy groups -OCH3 is 2. The molecule has 0 saturated carbocycles. The third-order valence-corrected chi connectivity index (χ3v) is 5.42. The van der Waals surface area contributed by atoms with Crippen molar-refractivity contribution >= 4 is 5.91 Å². The Morgan fingerprint density at radius 2 is 1.78 bits per heavy atom. The van der Waals surface area contributed by atoms with Crippen LogP contribution in [0.5, 0.6) is 11.5 Å². The van der Waals surface area contributed by atoms with Gasteiger partial charge >= 0.3 is 0 Å². The maximum absolute atomic E-state index is 12.7. The number of aryl methyl sites for hydroxylation is 1. The zero-order chi connectivity index (χ0) is 19.3. The maximum atomic E-state index is 12.7. The van der Waals surface area contributed by atoms with Gasteiger partial charge in [0.2, 0.25) is 0 Å². The molecule has 144 valence electrons. The van der Waals surface area contributed by atoms with E-state index in [9.17, 15) is 4.79 Å². The molecule has 1 amide bonds. The first-order valence-corrected chi connectivity index (χ1v) is 9.24. The first-order chi connectivity index (χ1) is 13.1. The van der Waals surface area contributed by atoms with E-state index in [4.69, 9.17) is 14.2 Å². The normalized spacial score (nSPS) is 15.8. The number of carbonyl (C=O) groups is 1. The van der Waals surface area contributed by atoms with E-state index in [-0.39, 0.29) is 11.3 Å². The largest absolute Gasteiger partial charge is 0.493 e. The summed E-state index contributed by atoms with van der Waals surface area (Å²) in [4.78, 5) is 12.7. The Labute approximate surface area is 160 Å². The number of rotatable bonds is 6. The van der Waals surface area contributed by atoms with E-state index in [1.165, 1.54) is 0 Å². The van der Waals surface area contributed by atoms with E-state index in [0.717, 1.165) is 24.0 Å². The number of hydrogen-bond acceptors (Lipinski definition) is 4. The van der Waals surface area contributed by atoms with Gasteiger partial charge in [0.15, 0.2) is 11.5 Å². The van der Waals surface area contributed by atoms with E-state index >= 15 is 0 Å². The second kappa shape index (κ2) is 8.44. The van der Waals surface area contributed by atoms with Crippen molar-refractivity contribution in [2.45, 2.75) is 25.2 Å². The van der Waals surface area contributed by atoms with Gasteiger partial charge in [0.05, 0.1) is 14.2 Å². The minimum atomic E-state index is -0.184. The second-order valence-electron chi connectivity index (χ2n) is 6.96. The molecule has 2 aromatic carbocycles. The lowest BCUT2D eigenvalue weighted by Crippen LogP contribution is -2.44. The molecule has 5 nitrogen and oxygen atoms in total. The number of amides is 1. The molecule has 5 heteroatoms. The van der Waals surface area contributed by atoms with Crippen LogP contribution in [-0.4, -0.2) is 39.9 Å². The monoisotopic (exact) mass is 369 g/mol. The molecule has 1 fully saturated rings. The van der Waals surface area contributed by atoms with Crippen molar-refractivity contribution in [3.05, 3.63) is 59.2 Å². The van der Waals surface area contributed by atoms with Crippen molar-refractivity contribution in [3.8, 4) is 11.5 Å². The fourth-order valence-corrected chi connectivity index (χ4v) is 3.67. The molecule has 0 bridgehead atoms. The molecule has 3 rings (SSSR count). The summed E-state index contributed by atoms with van der Waals surface area (Å²) in [6, 6.07) is 13.6. The Bertz CT molecular complexity index is 797. The molecule has 0 radical (unpaired) electrons. The first-order valence-electron chi connectivity index (χ1n) is 9.24. The van der Waals surface area contributed by atoms with Crippen molar-refractivity contribution in [1.82, 2.24) is 5.32 Å². The van der Waals surface area contributed by atoms with Gasteiger partial charge in [0, 0.05) is 30.7 Å². The van der Waals surface area contributed by atoms with Crippen LogP contribution in [0.4, 0.5) is 0 Å². The molecule has 0 spiro atoms. The van der Waals surface area contributed by atoms with E-state index in [0.29, 0.717) is 36.8 Å². The van der Waals surface area contributed by atoms with Crippen LogP contribution in [0.15, 0.2) is 42.5 Å². The average Bonchev–Trinajstić information content (AvgIpc) is 2.72. The summed E-state index contributed by atoms with van der Waals surface area (Å²) in [7, 11) is 3.27. The Morgan fingerprint density at radius 1 is 1.07 bits per heavy atom. The summed E-state index contributed by atoms with van der Waals surface area (Å²) in [5, 5.41) is 3.15. The van der Waals surface area contributed by atoms with Gasteiger partial charge in [0.1, 0.15) is 0 Å². The van der Waals surface area contributed by atoms with Crippen LogP contribution in [-0.2, 0) is 10.2 Å². The van der Waals surface area contributed by atoms with Gasteiger partial charge in [-0.3, -0.25) is 4.79 Å². The predicted octanol–water partition coefficient (Wildman–Crippen LogP) is 3.49. The van der Waals surface area contributed by atoms with E-state index in [1.807, 2.05) is 43.3 Å². The molecule has 0 atom stereocenters. The molecule has 27 heavy (non-hydrogen) atoms. The molecule has 0 unspecified atom stereocenters. The molecule has 0 aromatic heterocycles. The maximum Gasteiger partial charge on any atom is 0.251 e. The number of nitrogens with one attached hydrogen (secondary N) is 1. The topological polar surface area (TPSA) is 56.8 Å². The lowest BCUT2D eigenvalue weighted by molar-refractivity contribution is 0.0486. The molecule has 2 aromatic rings. The summed E-state index contributed by atoms with van der Waals surface area (Å²) in [6.07, 6.45) is 1.69. The lowest BCUT2D eigenvalue weighted by atomic mass is 9.74. The van der Waals surface area contributed by atoms with E-state index in [1.54, 1.807) is 14.2 Å². The van der Waals surface area contributed by atoms with Crippen LogP contribution < -0.4 is 14.8 Å². The van der Waals surface area contributed by atoms with Gasteiger partial charge in [-0.1, -0.05) is 24.3 Å². The Kier molecular flexibility index (Phi) is 6.01. The third-order valence-electron chi connectivity index (χ3n) is 5.42. The van der Waals surface area contributed by atoms with Gasteiger partial charge in [-0.05, 0) is 49.1 Å². The lowest BCUT2D eigenvalue weighted by Gasteiger charge is -2.38. The van der Waals surface area contributed by atoms with E-state index < -0.39 is 0 Å². The molecular weight excluding hydrogens is 342 g/mol. The summed E-state index contributed by atoms with van der Waals surface area (Å²) < 4.78 is 16.4. The molecule has 0 aliphatic carbocycles. The van der Waals surface area contributed by atoms with Gasteiger partial charge in [-0.15, -0.1) is 0 Å². The summed E-state index contributed by atoms with van der Waals surface area (Å²) in [5.74, 6) is 1.36. The second-order valence-corrected chi connectivity index (χ2v) is 6.96.